The molecule has 0 bridgehead atoms. The van der Waals surface area contributed by atoms with Gasteiger partial charge in [-0.2, -0.15) is 0 Å². The lowest BCUT2D eigenvalue weighted by Gasteiger charge is -2.24. The van der Waals surface area contributed by atoms with E-state index in [2.05, 4.69) is 24.8 Å². The van der Waals surface area contributed by atoms with E-state index in [0.717, 1.165) is 30.3 Å². The van der Waals surface area contributed by atoms with Crippen LogP contribution in [0, 0.1) is 0 Å². The standard InChI is InChI=1S/C17H27N7/c1-3-7-22(8-4-1)12-21-16-15-17(19-11-18-16)24(13-20-15)14-23-9-5-2-6-10-23/h11,13H,1-10,12,14H2,(H,18,19,21)/p+2. The lowest BCUT2D eigenvalue weighted by atomic mass is 10.1. The largest absolute Gasteiger partial charge is 0.322 e. The second-order valence-corrected chi connectivity index (χ2v) is 7.24. The minimum atomic E-state index is 0.880. The first-order chi connectivity index (χ1) is 11.9. The van der Waals surface area contributed by atoms with Gasteiger partial charge in [0.15, 0.2) is 30.3 Å². The average Bonchev–Trinajstić information content (AvgIpc) is 3.05. The van der Waals surface area contributed by atoms with E-state index < -0.39 is 0 Å². The summed E-state index contributed by atoms with van der Waals surface area (Å²) >= 11 is 0. The van der Waals surface area contributed by atoms with Crippen molar-refractivity contribution >= 4 is 17.0 Å². The van der Waals surface area contributed by atoms with Crippen LogP contribution in [0.1, 0.15) is 38.5 Å². The van der Waals surface area contributed by atoms with Gasteiger partial charge in [0.25, 0.3) is 0 Å². The summed E-state index contributed by atoms with van der Waals surface area (Å²) in [7, 11) is 0. The number of rotatable bonds is 5. The highest BCUT2D eigenvalue weighted by Gasteiger charge is 2.18. The van der Waals surface area contributed by atoms with Crippen molar-refractivity contribution in [3.05, 3.63) is 12.7 Å². The number of imidazole rings is 1. The normalized spacial score (nSPS) is 20.5. The van der Waals surface area contributed by atoms with E-state index in [1.807, 2.05) is 6.33 Å². The average molecular weight is 331 g/mol. The Morgan fingerprint density at radius 2 is 1.58 bits per heavy atom. The van der Waals surface area contributed by atoms with Gasteiger partial charge in [0, 0.05) is 0 Å². The van der Waals surface area contributed by atoms with E-state index in [0.29, 0.717) is 0 Å². The Kier molecular flexibility index (Phi) is 4.89. The van der Waals surface area contributed by atoms with Crippen LogP contribution in [0.25, 0.3) is 11.2 Å². The number of anilines is 1. The van der Waals surface area contributed by atoms with Crippen LogP contribution in [0.15, 0.2) is 12.7 Å². The Hall–Kier alpha value is -1.73. The maximum absolute atomic E-state index is 4.60. The number of nitrogens with one attached hydrogen (secondary N) is 3. The molecule has 2 aromatic heterocycles. The van der Waals surface area contributed by atoms with Gasteiger partial charge in [0.05, 0.1) is 26.2 Å². The molecule has 0 radical (unpaired) electrons. The van der Waals surface area contributed by atoms with Crippen LogP contribution < -0.4 is 15.1 Å². The highest BCUT2D eigenvalue weighted by atomic mass is 15.3. The van der Waals surface area contributed by atoms with Gasteiger partial charge in [-0.25, -0.2) is 15.0 Å². The van der Waals surface area contributed by atoms with E-state index in [1.54, 1.807) is 16.1 Å². The third kappa shape index (κ3) is 3.52. The highest BCUT2D eigenvalue weighted by molar-refractivity contribution is 5.82. The first-order valence-electron chi connectivity index (χ1n) is 9.47. The van der Waals surface area contributed by atoms with Crippen molar-refractivity contribution in [2.75, 3.05) is 38.2 Å². The van der Waals surface area contributed by atoms with Crippen LogP contribution in [-0.2, 0) is 6.67 Å². The summed E-state index contributed by atoms with van der Waals surface area (Å²) in [6.45, 7) is 6.92. The van der Waals surface area contributed by atoms with Gasteiger partial charge < -0.3 is 15.1 Å². The smallest absolute Gasteiger partial charge is 0.169 e. The lowest BCUT2D eigenvalue weighted by Crippen LogP contribution is -3.13. The molecule has 3 N–H and O–H groups in total. The molecule has 7 nitrogen and oxygen atoms in total. The molecule has 0 amide bonds. The topological polar surface area (TPSA) is 64.5 Å². The summed E-state index contributed by atoms with van der Waals surface area (Å²) < 4.78 is 2.19. The van der Waals surface area contributed by atoms with Crippen molar-refractivity contribution in [2.24, 2.45) is 0 Å². The molecule has 0 spiro atoms. The van der Waals surface area contributed by atoms with E-state index >= 15 is 0 Å². The van der Waals surface area contributed by atoms with Crippen LogP contribution in [-0.4, -0.2) is 52.4 Å². The fourth-order valence-electron chi connectivity index (χ4n) is 4.01. The highest BCUT2D eigenvalue weighted by Crippen LogP contribution is 2.16. The van der Waals surface area contributed by atoms with E-state index in [1.165, 1.54) is 64.7 Å². The number of nitrogens with zero attached hydrogens (tertiary/aromatic N) is 4. The molecule has 2 saturated heterocycles. The molecular formula is C17H29N7+2. The number of aromatic nitrogens is 4. The molecule has 130 valence electrons. The Labute approximate surface area is 143 Å². The minimum absolute atomic E-state index is 0.880. The summed E-state index contributed by atoms with van der Waals surface area (Å²) in [6.07, 6.45) is 11.7. The third-order valence-electron chi connectivity index (χ3n) is 5.42. The van der Waals surface area contributed by atoms with Crippen molar-refractivity contribution in [1.82, 2.24) is 19.5 Å². The van der Waals surface area contributed by atoms with Crippen LogP contribution in [0.5, 0.6) is 0 Å². The van der Waals surface area contributed by atoms with Crippen molar-refractivity contribution in [2.45, 2.75) is 45.2 Å². The van der Waals surface area contributed by atoms with Gasteiger partial charge in [-0.1, -0.05) is 0 Å². The molecular weight excluding hydrogens is 302 g/mol. The van der Waals surface area contributed by atoms with E-state index in [9.17, 15) is 0 Å². The second kappa shape index (κ2) is 7.44. The molecule has 0 atom stereocenters. The van der Waals surface area contributed by atoms with Crippen LogP contribution >= 0.6 is 0 Å². The zero-order valence-corrected chi connectivity index (χ0v) is 14.4. The Balaban J connectivity index is 1.46. The number of hydrogen-bond acceptors (Lipinski definition) is 4. The van der Waals surface area contributed by atoms with Crippen molar-refractivity contribution in [3.8, 4) is 0 Å². The summed E-state index contributed by atoms with van der Waals surface area (Å²) in [5.41, 5.74) is 1.87. The molecule has 0 aromatic carbocycles. The molecule has 7 heteroatoms. The van der Waals surface area contributed by atoms with E-state index in [-0.39, 0.29) is 0 Å². The number of quaternary nitrogens is 2. The quantitative estimate of drug-likeness (QED) is 0.677. The fraction of sp³-hybridized carbons (Fsp3) is 0.706. The van der Waals surface area contributed by atoms with Crippen LogP contribution in [0.3, 0.4) is 0 Å². The predicted octanol–water partition coefficient (Wildman–Crippen LogP) is -0.709. The first kappa shape index (κ1) is 15.8. The zero-order chi connectivity index (χ0) is 16.2. The Bertz CT molecular complexity index is 656. The molecule has 0 unspecified atom stereocenters. The number of hydrogen-bond donors (Lipinski definition) is 3. The summed E-state index contributed by atoms with van der Waals surface area (Å²) in [5, 5.41) is 3.50. The Morgan fingerprint density at radius 1 is 0.875 bits per heavy atom. The van der Waals surface area contributed by atoms with Gasteiger partial charge in [-0.05, 0) is 38.5 Å². The predicted molar refractivity (Wildman–Crippen MR) is 92.9 cm³/mol. The number of likely N-dealkylation sites (tertiary alicyclic amines) is 2. The van der Waals surface area contributed by atoms with Crippen LogP contribution in [0.2, 0.25) is 0 Å². The molecule has 2 aromatic rings. The molecule has 0 saturated carbocycles. The SMILES string of the molecule is c1nc(NC[NH+]2CCCCC2)c2ncn(C[NH+]3CCCCC3)c2n1. The number of fused-ring (bicyclic) bond motifs is 1. The lowest BCUT2D eigenvalue weighted by molar-refractivity contribution is -0.927. The van der Waals surface area contributed by atoms with Crippen molar-refractivity contribution in [1.29, 1.82) is 0 Å². The molecule has 24 heavy (non-hydrogen) atoms. The molecule has 2 aliphatic rings. The minimum Gasteiger partial charge on any atom is -0.322 e. The van der Waals surface area contributed by atoms with Crippen LogP contribution in [0.4, 0.5) is 5.82 Å². The van der Waals surface area contributed by atoms with Gasteiger partial charge in [-0.15, -0.1) is 0 Å². The fourth-order valence-corrected chi connectivity index (χ4v) is 4.01. The summed E-state index contributed by atoms with van der Waals surface area (Å²) in [6, 6.07) is 0. The van der Waals surface area contributed by atoms with Gasteiger partial charge in [0.1, 0.15) is 12.7 Å². The van der Waals surface area contributed by atoms with Gasteiger partial charge >= 0.3 is 0 Å². The molecule has 4 rings (SSSR count). The third-order valence-corrected chi connectivity index (χ3v) is 5.42. The maximum atomic E-state index is 4.60. The van der Waals surface area contributed by atoms with Gasteiger partial charge in [-0.3, -0.25) is 4.57 Å². The van der Waals surface area contributed by atoms with Crippen molar-refractivity contribution < 1.29 is 9.80 Å². The zero-order valence-electron chi connectivity index (χ0n) is 14.4. The molecule has 2 aliphatic heterocycles. The Morgan fingerprint density at radius 3 is 2.33 bits per heavy atom. The van der Waals surface area contributed by atoms with Crippen molar-refractivity contribution in [3.63, 3.8) is 0 Å². The molecule has 0 aliphatic carbocycles. The van der Waals surface area contributed by atoms with E-state index in [4.69, 9.17) is 0 Å². The first-order valence-corrected chi connectivity index (χ1v) is 9.47. The maximum Gasteiger partial charge on any atom is 0.169 e. The monoisotopic (exact) mass is 331 g/mol. The second-order valence-electron chi connectivity index (χ2n) is 7.24. The van der Waals surface area contributed by atoms with Gasteiger partial charge in [0.2, 0.25) is 0 Å². The molecule has 4 heterocycles. The number of piperidine rings is 2. The summed E-state index contributed by atoms with van der Waals surface area (Å²) in [4.78, 5) is 16.8. The summed E-state index contributed by atoms with van der Waals surface area (Å²) in [5.74, 6) is 0.880. The molecule has 2 fully saturated rings.